The Bertz CT molecular complexity index is 2330. The number of fused-ring (bicyclic) bond motifs is 5. The minimum Gasteiger partial charge on any atom is -0.456 e. The van der Waals surface area contributed by atoms with Gasteiger partial charge in [-0.2, -0.15) is 0 Å². The third-order valence-corrected chi connectivity index (χ3v) is 9.51. The standard InChI is InChI=1S/C48H33NO/c1-4-13-34(14-5-1)36-23-27-39(28-24-36)49(40-29-25-37(26-30-40)35-15-6-2-7-16-35)41-31-32-44-43-19-10-11-20-45(43)48-42(38-17-8-3-9-18-38)21-12-22-46(48)50-47(44)33-41/h1-33H. The Morgan fingerprint density at radius 3 is 1.32 bits per heavy atom. The number of nitrogens with zero attached hydrogens (tertiary/aromatic N) is 1. The third-order valence-electron chi connectivity index (χ3n) is 9.51. The lowest BCUT2D eigenvalue weighted by atomic mass is 9.89. The molecular weight excluding hydrogens is 607 g/mol. The lowest BCUT2D eigenvalue weighted by molar-refractivity contribution is 0.488. The largest absolute Gasteiger partial charge is 0.456 e. The fourth-order valence-corrected chi connectivity index (χ4v) is 7.08. The SMILES string of the molecule is c1ccc(-c2ccc(N(c3ccc(-c4ccccc4)cc3)c3ccc4c(c3)Oc3cccc(-c5ccccc5)c3-c3ccccc3-4)cc2)cc1. The van der Waals surface area contributed by atoms with E-state index in [1.54, 1.807) is 0 Å². The zero-order valence-electron chi connectivity index (χ0n) is 27.4. The molecule has 0 amide bonds. The number of benzene rings is 8. The van der Waals surface area contributed by atoms with Gasteiger partial charge in [0.1, 0.15) is 11.5 Å². The average Bonchev–Trinajstić information content (AvgIpc) is 3.34. The molecule has 2 nitrogen and oxygen atoms in total. The van der Waals surface area contributed by atoms with Crippen LogP contribution in [-0.2, 0) is 0 Å². The summed E-state index contributed by atoms with van der Waals surface area (Å²) in [6, 6.07) is 70.9. The maximum atomic E-state index is 6.94. The first-order chi connectivity index (χ1) is 24.8. The predicted molar refractivity (Wildman–Crippen MR) is 208 cm³/mol. The highest BCUT2D eigenvalue weighted by molar-refractivity contribution is 5.98. The van der Waals surface area contributed by atoms with E-state index in [4.69, 9.17) is 4.74 Å². The molecule has 0 radical (unpaired) electrons. The van der Waals surface area contributed by atoms with Gasteiger partial charge in [-0.15, -0.1) is 0 Å². The van der Waals surface area contributed by atoms with Gasteiger partial charge < -0.3 is 9.64 Å². The Morgan fingerprint density at radius 1 is 0.280 bits per heavy atom. The van der Waals surface area contributed by atoms with Crippen LogP contribution in [0.2, 0.25) is 0 Å². The van der Waals surface area contributed by atoms with Crippen molar-refractivity contribution in [3.05, 3.63) is 200 Å². The van der Waals surface area contributed by atoms with Crippen molar-refractivity contribution < 1.29 is 4.74 Å². The molecule has 50 heavy (non-hydrogen) atoms. The zero-order chi connectivity index (χ0) is 33.3. The summed E-state index contributed by atoms with van der Waals surface area (Å²) in [6.07, 6.45) is 0. The predicted octanol–water partition coefficient (Wildman–Crippen LogP) is 13.6. The van der Waals surface area contributed by atoms with E-state index in [9.17, 15) is 0 Å². The lowest BCUT2D eigenvalue weighted by Crippen LogP contribution is -2.10. The molecule has 8 aromatic rings. The van der Waals surface area contributed by atoms with E-state index in [0.717, 1.165) is 50.8 Å². The van der Waals surface area contributed by atoms with Crippen LogP contribution in [0, 0.1) is 0 Å². The molecule has 0 spiro atoms. The number of hydrogen-bond acceptors (Lipinski definition) is 2. The molecule has 0 saturated heterocycles. The van der Waals surface area contributed by atoms with Gasteiger partial charge in [0.2, 0.25) is 0 Å². The van der Waals surface area contributed by atoms with Crippen molar-refractivity contribution >= 4 is 17.1 Å². The highest BCUT2D eigenvalue weighted by Gasteiger charge is 2.25. The number of anilines is 3. The summed E-state index contributed by atoms with van der Waals surface area (Å²) in [4.78, 5) is 2.31. The number of hydrogen-bond donors (Lipinski definition) is 0. The Hall–Kier alpha value is -6.64. The van der Waals surface area contributed by atoms with E-state index in [0.29, 0.717) is 0 Å². The molecule has 1 aliphatic heterocycles. The van der Waals surface area contributed by atoms with Crippen molar-refractivity contribution in [3.63, 3.8) is 0 Å². The third kappa shape index (κ3) is 5.43. The van der Waals surface area contributed by atoms with Gasteiger partial charge in [0.25, 0.3) is 0 Å². The second-order valence-corrected chi connectivity index (χ2v) is 12.5. The molecular formula is C48H33NO. The van der Waals surface area contributed by atoms with E-state index in [1.165, 1.54) is 33.4 Å². The van der Waals surface area contributed by atoms with E-state index >= 15 is 0 Å². The first-order valence-electron chi connectivity index (χ1n) is 17.0. The molecule has 8 aromatic carbocycles. The molecule has 236 valence electrons. The molecule has 0 fully saturated rings. The monoisotopic (exact) mass is 639 g/mol. The summed E-state index contributed by atoms with van der Waals surface area (Å²) in [5.41, 5.74) is 14.7. The van der Waals surface area contributed by atoms with Crippen molar-refractivity contribution in [1.82, 2.24) is 0 Å². The van der Waals surface area contributed by atoms with Gasteiger partial charge in [-0.05, 0) is 87.0 Å². The summed E-state index contributed by atoms with van der Waals surface area (Å²) in [5.74, 6) is 1.67. The van der Waals surface area contributed by atoms with Crippen LogP contribution < -0.4 is 9.64 Å². The average molecular weight is 640 g/mol. The van der Waals surface area contributed by atoms with E-state index in [-0.39, 0.29) is 0 Å². The normalized spacial score (nSPS) is 11.4. The quantitative estimate of drug-likeness (QED) is 0.179. The maximum absolute atomic E-state index is 6.94. The molecule has 0 unspecified atom stereocenters. The Kier molecular flexibility index (Phi) is 7.53. The molecule has 0 atom stereocenters. The first kappa shape index (κ1) is 29.5. The molecule has 1 heterocycles. The van der Waals surface area contributed by atoms with Gasteiger partial charge in [0, 0.05) is 34.3 Å². The molecule has 0 aliphatic carbocycles. The van der Waals surface area contributed by atoms with Crippen LogP contribution in [0.5, 0.6) is 11.5 Å². The number of ether oxygens (including phenoxy) is 1. The van der Waals surface area contributed by atoms with Crippen LogP contribution >= 0.6 is 0 Å². The minimum atomic E-state index is 0.825. The fraction of sp³-hybridized carbons (Fsp3) is 0. The molecule has 0 aromatic heterocycles. The Balaban J connectivity index is 1.18. The molecule has 0 N–H and O–H groups in total. The van der Waals surface area contributed by atoms with Crippen molar-refractivity contribution in [2.45, 2.75) is 0 Å². The van der Waals surface area contributed by atoms with Gasteiger partial charge in [0.15, 0.2) is 0 Å². The van der Waals surface area contributed by atoms with Crippen LogP contribution in [0.3, 0.4) is 0 Å². The van der Waals surface area contributed by atoms with Crippen LogP contribution in [0.15, 0.2) is 200 Å². The van der Waals surface area contributed by atoms with Gasteiger partial charge in [-0.1, -0.05) is 152 Å². The van der Waals surface area contributed by atoms with Crippen LogP contribution in [0.25, 0.3) is 55.6 Å². The van der Waals surface area contributed by atoms with Gasteiger partial charge in [-0.25, -0.2) is 0 Å². The van der Waals surface area contributed by atoms with Crippen LogP contribution in [-0.4, -0.2) is 0 Å². The van der Waals surface area contributed by atoms with Gasteiger partial charge in [0.05, 0.1) is 0 Å². The van der Waals surface area contributed by atoms with Crippen LogP contribution in [0.1, 0.15) is 0 Å². The smallest absolute Gasteiger partial charge is 0.137 e. The maximum Gasteiger partial charge on any atom is 0.137 e. The second kappa shape index (κ2) is 12.8. The molecule has 0 bridgehead atoms. The summed E-state index contributed by atoms with van der Waals surface area (Å²) in [7, 11) is 0. The summed E-state index contributed by atoms with van der Waals surface area (Å²) >= 11 is 0. The zero-order valence-corrected chi connectivity index (χ0v) is 27.4. The van der Waals surface area contributed by atoms with Crippen LogP contribution in [0.4, 0.5) is 17.1 Å². The fourth-order valence-electron chi connectivity index (χ4n) is 7.08. The molecule has 1 aliphatic rings. The summed E-state index contributed by atoms with van der Waals surface area (Å²) in [5, 5.41) is 0. The van der Waals surface area contributed by atoms with E-state index < -0.39 is 0 Å². The molecule has 9 rings (SSSR count). The van der Waals surface area contributed by atoms with Gasteiger partial charge in [-0.3, -0.25) is 0 Å². The summed E-state index contributed by atoms with van der Waals surface area (Å²) in [6.45, 7) is 0. The Morgan fingerprint density at radius 2 is 0.740 bits per heavy atom. The van der Waals surface area contributed by atoms with Crippen molar-refractivity contribution in [1.29, 1.82) is 0 Å². The van der Waals surface area contributed by atoms with E-state index in [1.807, 2.05) is 0 Å². The van der Waals surface area contributed by atoms with Crippen molar-refractivity contribution in [3.8, 4) is 67.1 Å². The van der Waals surface area contributed by atoms with E-state index in [2.05, 4.69) is 205 Å². The second-order valence-electron chi connectivity index (χ2n) is 12.5. The van der Waals surface area contributed by atoms with Crippen molar-refractivity contribution in [2.24, 2.45) is 0 Å². The lowest BCUT2D eigenvalue weighted by Gasteiger charge is -2.27. The summed E-state index contributed by atoms with van der Waals surface area (Å²) < 4.78 is 6.94. The highest BCUT2D eigenvalue weighted by atomic mass is 16.5. The van der Waals surface area contributed by atoms with Crippen molar-refractivity contribution in [2.75, 3.05) is 4.90 Å². The first-order valence-corrected chi connectivity index (χ1v) is 17.0. The Labute approximate surface area is 293 Å². The number of rotatable bonds is 6. The minimum absolute atomic E-state index is 0.825. The molecule has 2 heteroatoms. The molecule has 0 saturated carbocycles. The highest BCUT2D eigenvalue weighted by Crippen LogP contribution is 2.51. The topological polar surface area (TPSA) is 12.5 Å². The van der Waals surface area contributed by atoms with Gasteiger partial charge >= 0.3 is 0 Å².